The fraction of sp³-hybridized carbons (Fsp3) is 0.520. The number of piperazine rings is 1. The second-order valence-electron chi connectivity index (χ2n) is 9.11. The van der Waals surface area contributed by atoms with E-state index in [-0.39, 0.29) is 24.8 Å². The van der Waals surface area contributed by atoms with E-state index in [0.717, 1.165) is 44.0 Å². The molecule has 1 aromatic carbocycles. The highest BCUT2D eigenvalue weighted by Gasteiger charge is 2.41. The normalized spacial score (nSPS) is 22.3. The number of carbonyl (C=O) groups is 1. The van der Waals surface area contributed by atoms with Crippen LogP contribution in [0.1, 0.15) is 17.7 Å². The SMILES string of the molecule is Cc1cccnc1CN1CCO[C@@](COc2ccc(F)cc2)(CC(=O)N2CCN(C)CC2)C1. The maximum atomic E-state index is 13.3. The minimum Gasteiger partial charge on any atom is -0.491 e. The summed E-state index contributed by atoms with van der Waals surface area (Å²) in [5, 5.41) is 0. The molecule has 8 heteroatoms. The number of ether oxygens (including phenoxy) is 2. The van der Waals surface area contributed by atoms with Crippen molar-refractivity contribution in [1.29, 1.82) is 0 Å². The molecule has 2 aromatic rings. The van der Waals surface area contributed by atoms with E-state index in [0.29, 0.717) is 25.4 Å². The molecule has 2 aliphatic rings. The van der Waals surface area contributed by atoms with E-state index in [9.17, 15) is 9.18 Å². The zero-order chi connectivity index (χ0) is 23.3. The Kier molecular flexibility index (Phi) is 7.57. The molecule has 3 heterocycles. The maximum absolute atomic E-state index is 13.3. The molecule has 0 spiro atoms. The van der Waals surface area contributed by atoms with E-state index in [1.54, 1.807) is 12.1 Å². The molecule has 7 nitrogen and oxygen atoms in total. The fourth-order valence-electron chi connectivity index (χ4n) is 4.39. The van der Waals surface area contributed by atoms with Gasteiger partial charge in [-0.2, -0.15) is 0 Å². The Labute approximate surface area is 195 Å². The second kappa shape index (κ2) is 10.6. The van der Waals surface area contributed by atoms with Crippen molar-refractivity contribution in [3.05, 3.63) is 59.7 Å². The fourth-order valence-corrected chi connectivity index (χ4v) is 4.39. The lowest BCUT2D eigenvalue weighted by molar-refractivity contribution is -0.158. The molecule has 178 valence electrons. The van der Waals surface area contributed by atoms with Crippen molar-refractivity contribution in [2.75, 3.05) is 59.5 Å². The molecular formula is C25H33FN4O3. The van der Waals surface area contributed by atoms with Gasteiger partial charge in [0, 0.05) is 52.0 Å². The summed E-state index contributed by atoms with van der Waals surface area (Å²) in [6.45, 7) is 7.99. The van der Waals surface area contributed by atoms with Crippen LogP contribution in [0.15, 0.2) is 42.6 Å². The third-order valence-electron chi connectivity index (χ3n) is 6.46. The molecule has 0 bridgehead atoms. The van der Waals surface area contributed by atoms with E-state index in [4.69, 9.17) is 9.47 Å². The van der Waals surface area contributed by atoms with Crippen LogP contribution in [0.3, 0.4) is 0 Å². The first-order valence-corrected chi connectivity index (χ1v) is 11.5. The Bertz CT molecular complexity index is 934. The molecule has 0 N–H and O–H groups in total. The molecule has 33 heavy (non-hydrogen) atoms. The van der Waals surface area contributed by atoms with Crippen LogP contribution in [0.4, 0.5) is 4.39 Å². The summed E-state index contributed by atoms with van der Waals surface area (Å²) >= 11 is 0. The van der Waals surface area contributed by atoms with Crippen LogP contribution >= 0.6 is 0 Å². The number of morpholine rings is 1. The predicted octanol–water partition coefficient (Wildman–Crippen LogP) is 2.34. The average molecular weight is 457 g/mol. The summed E-state index contributed by atoms with van der Waals surface area (Å²) in [6.07, 6.45) is 2.06. The van der Waals surface area contributed by atoms with E-state index in [1.807, 2.05) is 17.2 Å². The quantitative estimate of drug-likeness (QED) is 0.638. The number of benzene rings is 1. The lowest BCUT2D eigenvalue weighted by Crippen LogP contribution is -2.58. The summed E-state index contributed by atoms with van der Waals surface area (Å²) in [5.74, 6) is 0.332. The van der Waals surface area contributed by atoms with Gasteiger partial charge in [0.25, 0.3) is 0 Å². The topological polar surface area (TPSA) is 58.1 Å². The molecule has 1 aromatic heterocycles. The van der Waals surface area contributed by atoms with Crippen LogP contribution < -0.4 is 4.74 Å². The van der Waals surface area contributed by atoms with Gasteiger partial charge in [0.1, 0.15) is 23.8 Å². The van der Waals surface area contributed by atoms with E-state index in [1.165, 1.54) is 12.1 Å². The molecule has 2 aliphatic heterocycles. The van der Waals surface area contributed by atoms with Crippen LogP contribution in [-0.2, 0) is 16.1 Å². The summed E-state index contributed by atoms with van der Waals surface area (Å²) in [5.41, 5.74) is 1.39. The number of aromatic nitrogens is 1. The second-order valence-corrected chi connectivity index (χ2v) is 9.11. The zero-order valence-electron chi connectivity index (χ0n) is 19.5. The van der Waals surface area contributed by atoms with Gasteiger partial charge in [-0.1, -0.05) is 6.07 Å². The van der Waals surface area contributed by atoms with Crippen molar-refractivity contribution in [2.45, 2.75) is 25.5 Å². The summed E-state index contributed by atoms with van der Waals surface area (Å²) in [4.78, 5) is 24.2. The molecular weight excluding hydrogens is 423 g/mol. The molecule has 1 amide bonds. The number of halogens is 1. The standard InChI is InChI=1S/C25H33FN4O3/c1-20-4-3-9-27-23(20)17-29-14-15-33-25(18-29,19-32-22-7-5-21(26)6-8-22)16-24(31)30-12-10-28(2)11-13-30/h3-9H,10-19H2,1-2H3/t25-/m0/s1. The van der Waals surface area contributed by atoms with Crippen LogP contribution in [0.25, 0.3) is 0 Å². The molecule has 0 radical (unpaired) electrons. The first-order chi connectivity index (χ1) is 15.9. The smallest absolute Gasteiger partial charge is 0.225 e. The van der Waals surface area contributed by atoms with Gasteiger partial charge in [0.15, 0.2) is 0 Å². The number of likely N-dealkylation sites (N-methyl/N-ethyl adjacent to an activating group) is 1. The van der Waals surface area contributed by atoms with Crippen LogP contribution in [0, 0.1) is 12.7 Å². The third kappa shape index (κ3) is 6.28. The Morgan fingerprint density at radius 1 is 1.15 bits per heavy atom. The Balaban J connectivity index is 1.48. The Morgan fingerprint density at radius 2 is 1.91 bits per heavy atom. The van der Waals surface area contributed by atoms with Gasteiger partial charge < -0.3 is 19.3 Å². The third-order valence-corrected chi connectivity index (χ3v) is 6.46. The van der Waals surface area contributed by atoms with Crippen molar-refractivity contribution in [2.24, 2.45) is 0 Å². The van der Waals surface area contributed by atoms with Gasteiger partial charge in [-0.3, -0.25) is 14.7 Å². The van der Waals surface area contributed by atoms with Gasteiger partial charge in [-0.25, -0.2) is 4.39 Å². The molecule has 0 unspecified atom stereocenters. The lowest BCUT2D eigenvalue weighted by Gasteiger charge is -2.43. The van der Waals surface area contributed by atoms with Crippen LogP contribution in [0.2, 0.25) is 0 Å². The van der Waals surface area contributed by atoms with Gasteiger partial charge in [-0.05, 0) is 49.9 Å². The lowest BCUT2D eigenvalue weighted by atomic mass is 9.96. The summed E-state index contributed by atoms with van der Waals surface area (Å²) < 4.78 is 25.6. The number of hydrogen-bond acceptors (Lipinski definition) is 6. The number of hydrogen-bond donors (Lipinski definition) is 0. The number of rotatable bonds is 7. The van der Waals surface area contributed by atoms with E-state index >= 15 is 0 Å². The van der Waals surface area contributed by atoms with Crippen molar-refractivity contribution in [3.63, 3.8) is 0 Å². The van der Waals surface area contributed by atoms with Crippen LogP contribution in [-0.4, -0.2) is 90.7 Å². The zero-order valence-corrected chi connectivity index (χ0v) is 19.5. The first-order valence-electron chi connectivity index (χ1n) is 11.5. The van der Waals surface area contributed by atoms with Crippen molar-refractivity contribution in [3.8, 4) is 5.75 Å². The molecule has 2 fully saturated rings. The first kappa shape index (κ1) is 23.6. The minimum absolute atomic E-state index is 0.0849. The monoisotopic (exact) mass is 456 g/mol. The number of aryl methyl sites for hydroxylation is 1. The molecule has 0 saturated carbocycles. The van der Waals surface area contributed by atoms with E-state index in [2.05, 4.69) is 34.8 Å². The Hall–Kier alpha value is -2.55. The largest absolute Gasteiger partial charge is 0.491 e. The summed E-state index contributed by atoms with van der Waals surface area (Å²) in [6, 6.07) is 9.94. The summed E-state index contributed by atoms with van der Waals surface area (Å²) in [7, 11) is 2.07. The van der Waals surface area contributed by atoms with Gasteiger partial charge in [-0.15, -0.1) is 0 Å². The highest BCUT2D eigenvalue weighted by atomic mass is 19.1. The molecule has 1 atom stereocenters. The van der Waals surface area contributed by atoms with Gasteiger partial charge in [0.2, 0.25) is 5.91 Å². The van der Waals surface area contributed by atoms with Crippen molar-refractivity contribution < 1.29 is 18.7 Å². The minimum atomic E-state index is -0.782. The van der Waals surface area contributed by atoms with Crippen molar-refractivity contribution >= 4 is 5.91 Å². The molecule has 0 aliphatic carbocycles. The Morgan fingerprint density at radius 3 is 2.64 bits per heavy atom. The van der Waals surface area contributed by atoms with Crippen LogP contribution in [0.5, 0.6) is 5.75 Å². The van der Waals surface area contributed by atoms with Gasteiger partial charge >= 0.3 is 0 Å². The van der Waals surface area contributed by atoms with Gasteiger partial charge in [0.05, 0.1) is 18.7 Å². The highest BCUT2D eigenvalue weighted by Crippen LogP contribution is 2.27. The number of amides is 1. The molecule has 2 saturated heterocycles. The highest BCUT2D eigenvalue weighted by molar-refractivity contribution is 5.77. The number of carbonyl (C=O) groups excluding carboxylic acids is 1. The van der Waals surface area contributed by atoms with E-state index < -0.39 is 5.60 Å². The predicted molar refractivity (Wildman–Crippen MR) is 124 cm³/mol. The van der Waals surface area contributed by atoms with Crippen molar-refractivity contribution in [1.82, 2.24) is 19.7 Å². The average Bonchev–Trinajstić information content (AvgIpc) is 2.81. The number of nitrogens with zero attached hydrogens (tertiary/aromatic N) is 4. The maximum Gasteiger partial charge on any atom is 0.225 e. The number of pyridine rings is 1. The molecule has 4 rings (SSSR count).